The molecule has 38 heteroatoms. The van der Waals surface area contributed by atoms with Gasteiger partial charge in [0.2, 0.25) is 0 Å². The molecule has 0 unspecified atom stereocenters. The maximum Gasteiger partial charge on any atom is 0.312 e. The molecule has 0 bridgehead atoms. The summed E-state index contributed by atoms with van der Waals surface area (Å²) in [5.74, 6) is -15.1. The van der Waals surface area contributed by atoms with E-state index in [4.69, 9.17) is 54.7 Å². The van der Waals surface area contributed by atoms with Gasteiger partial charge < -0.3 is 20.9 Å². The molecule has 598 valence electrons. The van der Waals surface area contributed by atoms with Crippen LogP contribution >= 0.6 is 23.2 Å². The Kier molecular flexibility index (Phi) is 23.2. The fourth-order valence-corrected chi connectivity index (χ4v) is 24.3. The second kappa shape index (κ2) is 29.7. The molecule has 0 amide bonds. The third kappa shape index (κ3) is 16.8. The number of ether oxygens (including phenoxy) is 2. The number of Topliss-reactive ketones (excluding diaryl/α,β-unsaturated/α-hetero) is 2. The summed E-state index contributed by atoms with van der Waals surface area (Å²) in [5.41, 5.74) is 4.00. The highest BCUT2D eigenvalue weighted by Gasteiger charge is 2.64. The Hall–Kier alpha value is -8.58. The van der Waals surface area contributed by atoms with Gasteiger partial charge >= 0.3 is 11.9 Å². The quantitative estimate of drug-likeness (QED) is 0.0628. The number of aromatic nitrogens is 5. The maximum atomic E-state index is 15.6. The second-order valence-electron chi connectivity index (χ2n) is 31.7. The van der Waals surface area contributed by atoms with E-state index in [0.717, 1.165) is 18.2 Å². The molecule has 9 atom stereocenters. The number of nitriles is 2. The van der Waals surface area contributed by atoms with E-state index in [1.165, 1.54) is 91.2 Å². The minimum Gasteiger partial charge on any atom is -0.460 e. The molecule has 24 nitrogen and oxygen atoms in total. The van der Waals surface area contributed by atoms with Gasteiger partial charge in [-0.2, -0.15) is 10.5 Å². The first-order chi connectivity index (χ1) is 50.8. The number of rotatable bonds is 13. The van der Waals surface area contributed by atoms with Gasteiger partial charge in [-0.25, -0.2) is 70.2 Å². The van der Waals surface area contributed by atoms with Crippen LogP contribution < -0.4 is 11.5 Å². The molecule has 5 aromatic rings. The van der Waals surface area contributed by atoms with Crippen molar-refractivity contribution in [2.45, 2.75) is 224 Å². The predicted octanol–water partition coefficient (Wildman–Crippen LogP) is 13.3. The normalized spacial score (nSPS) is 28.2. The molecule has 6 aliphatic heterocycles. The molecule has 0 spiro atoms. The SMILES string of the molecule is CC(C)(C)OC(=O)CC1=N[C@](C)(c2nc(CC(=O)c3ncc(C#N)cc3Cl)ccc2F)[C@H]2CC(F)(F)CN=[S@]2(=O)C1(C)C.CC(C)(C)OC(=O)CC1=N[C@](C)(c2nc(N)ccc2F)[C@H]2CC(F)(F)CN=[S@]2(=O)C1(C)C.CC1(C)C(N)=N[C@](C)(c2nc(CC(=O)c3ncc(C#N)cc3Cl)ccc2F)[C@H]2CC(F)(F)CN=[S@@]21=O. The molecule has 4 N–H and O–H groups in total. The van der Waals surface area contributed by atoms with Crippen molar-refractivity contribution in [1.29, 1.82) is 10.5 Å². The lowest BCUT2D eigenvalue weighted by atomic mass is 9.87. The summed E-state index contributed by atoms with van der Waals surface area (Å²) in [7, 11) is -10.5. The van der Waals surface area contributed by atoms with Crippen molar-refractivity contribution in [3.05, 3.63) is 139 Å². The van der Waals surface area contributed by atoms with E-state index in [9.17, 15) is 62.5 Å². The van der Waals surface area contributed by atoms with Gasteiger partial charge in [-0.15, -0.1) is 0 Å². The first-order valence-electron chi connectivity index (χ1n) is 34.5. The molecule has 11 rings (SSSR count). The van der Waals surface area contributed by atoms with Crippen molar-refractivity contribution in [2.24, 2.45) is 33.8 Å². The van der Waals surface area contributed by atoms with E-state index in [0.29, 0.717) is 0 Å². The molecule has 111 heavy (non-hydrogen) atoms. The van der Waals surface area contributed by atoms with Gasteiger partial charge in [-0.1, -0.05) is 23.2 Å². The van der Waals surface area contributed by atoms with Crippen LogP contribution in [0.2, 0.25) is 10.0 Å². The first-order valence-corrected chi connectivity index (χ1v) is 39.9. The number of nitrogens with two attached hydrogens (primary N) is 2. The van der Waals surface area contributed by atoms with Crippen LogP contribution in [-0.2, 0) is 77.7 Å². The summed E-state index contributed by atoms with van der Waals surface area (Å²) < 4.78 is 195. The topological polar surface area (TPSA) is 376 Å². The van der Waals surface area contributed by atoms with Gasteiger partial charge in [0.1, 0.15) is 122 Å². The fraction of sp³-hybridized carbons (Fsp3) is 0.534. The number of fused-ring (bicyclic) bond motifs is 3. The monoisotopic (exact) mass is 1650 g/mol. The highest BCUT2D eigenvalue weighted by molar-refractivity contribution is 7.97. The van der Waals surface area contributed by atoms with Crippen molar-refractivity contribution in [3.8, 4) is 12.1 Å². The molecule has 11 heterocycles. The van der Waals surface area contributed by atoms with Crippen LogP contribution in [0.3, 0.4) is 0 Å². The molecule has 0 saturated carbocycles. The van der Waals surface area contributed by atoms with Crippen LogP contribution in [0, 0.1) is 40.1 Å². The standard InChI is InChI=1S/C29H31ClF3N5O4S.C23H22ClF3N6O2S.C21H29F3N4O3S/c1-26(2,3)42-23(40)11-21-27(4,5)43(41)22(12-29(32,33)15-36-43)28(6,38-21)25-19(31)8-7-17(37-25)10-20(39)24-18(30)9-16(13-34)14-35-24;1-21(2)20(29)33-22(3,17-8-23(26,27)11-31-36(17,21)35)19-15(25)5-4-13(32-19)7-16(34)18-14(24)6-12(9-28)10-30-18;1-18(2,3)31-16(29)9-13-19(4,5)32(30)14(10-21(23,24)11-26-32)20(6,28-13)17-12(22)7-8-15(25)27-17/h7-9,14,22H,10-12,15H2,1-6H3;4-6,10,17H,7-8,11H2,1-3H3,(H2,29,33);7-8,14H,9-11H2,1-6H3,(H2,25,27)/t22-,28+,43-;17-,22+,36-;14-,20+,32-/m111/s1. The molecular formula is C73H82Cl2F9N15O9S3. The van der Waals surface area contributed by atoms with E-state index in [2.05, 4.69) is 53.0 Å². The number of alkyl halides is 6. The Morgan fingerprint density at radius 3 is 1.14 bits per heavy atom. The summed E-state index contributed by atoms with van der Waals surface area (Å²) in [6, 6.07) is 13.1. The third-order valence-electron chi connectivity index (χ3n) is 20.0. The number of nitrogens with zero attached hydrogens (tertiary/aromatic N) is 13. The predicted molar refractivity (Wildman–Crippen MR) is 399 cm³/mol. The first kappa shape index (κ1) is 86.4. The number of carbonyl (C=O) groups is 4. The van der Waals surface area contributed by atoms with Gasteiger partial charge in [0, 0.05) is 54.5 Å². The van der Waals surface area contributed by atoms with Crippen LogP contribution in [0.15, 0.2) is 89.0 Å². The zero-order chi connectivity index (χ0) is 83.2. The number of anilines is 1. The van der Waals surface area contributed by atoms with Crippen molar-refractivity contribution in [2.75, 3.05) is 25.4 Å². The van der Waals surface area contributed by atoms with Gasteiger partial charge in [0.25, 0.3) is 17.8 Å². The molecule has 0 aromatic carbocycles. The van der Waals surface area contributed by atoms with Crippen LogP contribution in [0.25, 0.3) is 0 Å². The Morgan fingerprint density at radius 1 is 0.505 bits per heavy atom. The maximum absolute atomic E-state index is 15.6. The van der Waals surface area contributed by atoms with Gasteiger partial charge in [-0.05, 0) is 152 Å². The second-order valence-corrected chi connectivity index (χ2v) is 41.5. The number of hydrogen-bond donors (Lipinski definition) is 2. The molecule has 0 saturated heterocycles. The number of aliphatic imine (C=N–C) groups is 3. The van der Waals surface area contributed by atoms with Crippen molar-refractivity contribution in [1.82, 2.24) is 24.9 Å². The Balaban J connectivity index is 0.000000194. The number of nitrogen functional groups attached to an aromatic ring is 1. The van der Waals surface area contributed by atoms with Gasteiger partial charge in [-0.3, -0.25) is 54.1 Å². The van der Waals surface area contributed by atoms with Crippen molar-refractivity contribution < 1.29 is 80.8 Å². The third-order valence-corrected chi connectivity index (χ3v) is 31.3. The van der Waals surface area contributed by atoms with Gasteiger partial charge in [0.15, 0.2) is 11.6 Å². The van der Waals surface area contributed by atoms with Crippen LogP contribution in [0.4, 0.5) is 45.3 Å². The average Bonchev–Trinajstić information content (AvgIpc) is 0.708. The lowest BCUT2D eigenvalue weighted by Gasteiger charge is -2.49. The number of ketones is 2. The number of esters is 2. The van der Waals surface area contributed by atoms with Gasteiger partial charge in [0.05, 0.1) is 101 Å². The molecule has 5 aromatic heterocycles. The highest BCUT2D eigenvalue weighted by Crippen LogP contribution is 2.54. The van der Waals surface area contributed by atoms with E-state index in [1.807, 2.05) is 12.1 Å². The number of hydrogen-bond acceptors (Lipinski definition) is 24. The zero-order valence-corrected chi connectivity index (χ0v) is 67.1. The largest absolute Gasteiger partial charge is 0.460 e. The molecule has 0 aliphatic carbocycles. The molecular weight excluding hydrogens is 1570 g/mol. The minimum atomic E-state index is -3.60. The van der Waals surface area contributed by atoms with Crippen LogP contribution in [0.1, 0.15) is 197 Å². The fourth-order valence-electron chi connectivity index (χ4n) is 13.9. The number of halogens is 11. The van der Waals surface area contributed by atoms with Crippen molar-refractivity contribution in [3.63, 3.8) is 0 Å². The minimum absolute atomic E-state index is 0.0361. The zero-order valence-electron chi connectivity index (χ0n) is 63.1. The highest BCUT2D eigenvalue weighted by atomic mass is 35.5. The Labute approximate surface area is 646 Å². The molecule has 0 fully saturated rings. The van der Waals surface area contributed by atoms with E-state index in [-0.39, 0.29) is 91.3 Å². The Morgan fingerprint density at radius 2 is 0.820 bits per heavy atom. The lowest BCUT2D eigenvalue weighted by Crippen LogP contribution is -2.62. The summed E-state index contributed by atoms with van der Waals surface area (Å²) in [5, 5.41) is 13.7. The van der Waals surface area contributed by atoms with E-state index in [1.54, 1.807) is 55.4 Å². The van der Waals surface area contributed by atoms with Crippen molar-refractivity contribution >= 4 is 99.0 Å². The van der Waals surface area contributed by atoms with E-state index < -0.39 is 203 Å². The summed E-state index contributed by atoms with van der Waals surface area (Å²) in [4.78, 5) is 85.4. The number of pyridine rings is 5. The van der Waals surface area contributed by atoms with Crippen LogP contribution in [-0.4, -0.2) is 157 Å². The average molecular weight is 1650 g/mol. The summed E-state index contributed by atoms with van der Waals surface area (Å²) >= 11 is 12.2. The lowest BCUT2D eigenvalue weighted by molar-refractivity contribution is -0.154. The van der Waals surface area contributed by atoms with Crippen LogP contribution in [0.5, 0.6) is 0 Å². The molecule has 6 aliphatic rings. The smallest absolute Gasteiger partial charge is 0.312 e. The number of carbonyl (C=O) groups excluding carboxylic acids is 4. The molecule has 0 radical (unpaired) electrons. The summed E-state index contributed by atoms with van der Waals surface area (Å²) in [6.45, 7) is 20.5. The van der Waals surface area contributed by atoms with E-state index >= 15 is 8.78 Å². The summed E-state index contributed by atoms with van der Waals surface area (Å²) in [6.07, 6.45) is -1.73. The Bertz CT molecular complexity index is 5300. The number of amidine groups is 1.